The van der Waals surface area contributed by atoms with Crippen molar-refractivity contribution < 1.29 is 15.0 Å². The van der Waals surface area contributed by atoms with E-state index in [4.69, 9.17) is 5.11 Å². The summed E-state index contributed by atoms with van der Waals surface area (Å²) in [6.07, 6.45) is 1.74. The maximum absolute atomic E-state index is 11.1. The first-order valence-corrected chi connectivity index (χ1v) is 5.78. The average Bonchev–Trinajstić information content (AvgIpc) is 2.98. The summed E-state index contributed by atoms with van der Waals surface area (Å²) in [4.78, 5) is 11.1. The number of halogens is 1. The van der Waals surface area contributed by atoms with Gasteiger partial charge in [-0.25, -0.2) is 4.79 Å². The molecule has 0 bridgehead atoms. The Morgan fingerprint density at radius 3 is 2.69 bits per heavy atom. The van der Waals surface area contributed by atoms with E-state index in [0.717, 1.165) is 12.8 Å². The van der Waals surface area contributed by atoms with Gasteiger partial charge in [-0.05, 0) is 40.9 Å². The topological polar surface area (TPSA) is 69.6 Å². The van der Waals surface area contributed by atoms with Gasteiger partial charge in [0.2, 0.25) is 0 Å². The highest BCUT2D eigenvalue weighted by molar-refractivity contribution is 9.10. The van der Waals surface area contributed by atoms with E-state index >= 15 is 0 Å². The van der Waals surface area contributed by atoms with Crippen molar-refractivity contribution in [3.63, 3.8) is 0 Å². The molecule has 0 spiro atoms. The largest absolute Gasteiger partial charge is 0.478 e. The number of nitrogens with one attached hydrogen (secondary N) is 1. The highest BCUT2D eigenvalue weighted by atomic mass is 79.9. The molecular formula is C11H12BrNO3. The van der Waals surface area contributed by atoms with Gasteiger partial charge in [0.05, 0.1) is 23.4 Å². The van der Waals surface area contributed by atoms with Crippen LogP contribution in [0.15, 0.2) is 22.7 Å². The maximum Gasteiger partial charge on any atom is 0.338 e. The van der Waals surface area contributed by atoms with Crippen LogP contribution in [0, 0.1) is 0 Å². The molecule has 1 fully saturated rings. The van der Waals surface area contributed by atoms with Crippen LogP contribution in [0.4, 0.5) is 5.69 Å². The van der Waals surface area contributed by atoms with E-state index < -0.39 is 5.97 Å². The van der Waals surface area contributed by atoms with Gasteiger partial charge in [-0.3, -0.25) is 0 Å². The van der Waals surface area contributed by atoms with Crippen molar-refractivity contribution in [1.29, 1.82) is 0 Å². The number of carbonyl (C=O) groups is 1. The molecule has 0 unspecified atom stereocenters. The summed E-state index contributed by atoms with van der Waals surface area (Å²) < 4.78 is 0.540. The minimum Gasteiger partial charge on any atom is -0.478 e. The Morgan fingerprint density at radius 1 is 1.50 bits per heavy atom. The number of anilines is 1. The van der Waals surface area contributed by atoms with Crippen LogP contribution in [0.2, 0.25) is 0 Å². The quantitative estimate of drug-likeness (QED) is 0.792. The lowest BCUT2D eigenvalue weighted by Crippen LogP contribution is -2.26. The molecule has 0 amide bonds. The van der Waals surface area contributed by atoms with Crippen LogP contribution >= 0.6 is 15.9 Å². The van der Waals surface area contributed by atoms with Crippen molar-refractivity contribution in [2.45, 2.75) is 18.4 Å². The van der Waals surface area contributed by atoms with E-state index in [2.05, 4.69) is 21.2 Å². The first kappa shape index (κ1) is 11.4. The standard InChI is InChI=1S/C11H12BrNO3/c12-7-2-1-3-8(9(7)10(15)16)13-11(6-14)4-5-11/h1-3,13-14H,4-6H2,(H,15,16). The summed E-state index contributed by atoms with van der Waals surface area (Å²) in [5.41, 5.74) is 0.445. The van der Waals surface area contributed by atoms with Crippen molar-refractivity contribution in [1.82, 2.24) is 0 Å². The molecule has 1 aliphatic rings. The van der Waals surface area contributed by atoms with Gasteiger partial charge >= 0.3 is 5.97 Å². The fraction of sp³-hybridized carbons (Fsp3) is 0.364. The SMILES string of the molecule is O=C(O)c1c(Br)cccc1NC1(CO)CC1. The summed E-state index contributed by atoms with van der Waals surface area (Å²) in [7, 11) is 0. The van der Waals surface area contributed by atoms with Gasteiger partial charge in [0.25, 0.3) is 0 Å². The Bertz CT molecular complexity index is 429. The third-order valence-corrected chi connectivity index (χ3v) is 3.44. The number of aliphatic hydroxyl groups excluding tert-OH is 1. The molecule has 0 radical (unpaired) electrons. The number of carboxylic acid groups (broad SMARTS) is 1. The zero-order valence-electron chi connectivity index (χ0n) is 8.53. The molecule has 1 saturated carbocycles. The summed E-state index contributed by atoms with van der Waals surface area (Å²) >= 11 is 3.21. The minimum absolute atomic E-state index is 0.0264. The van der Waals surface area contributed by atoms with Gasteiger partial charge in [-0.15, -0.1) is 0 Å². The van der Waals surface area contributed by atoms with Gasteiger partial charge in [0, 0.05) is 4.47 Å². The van der Waals surface area contributed by atoms with E-state index in [1.54, 1.807) is 18.2 Å². The van der Waals surface area contributed by atoms with E-state index in [1.807, 2.05) is 0 Å². The van der Waals surface area contributed by atoms with Gasteiger partial charge in [-0.1, -0.05) is 6.07 Å². The maximum atomic E-state index is 11.1. The first-order valence-electron chi connectivity index (χ1n) is 4.99. The zero-order chi connectivity index (χ0) is 11.8. The number of carboxylic acids is 1. The molecule has 1 aromatic carbocycles. The van der Waals surface area contributed by atoms with Gasteiger partial charge in [0.1, 0.15) is 0 Å². The van der Waals surface area contributed by atoms with Crippen molar-refractivity contribution >= 4 is 27.6 Å². The summed E-state index contributed by atoms with van der Waals surface area (Å²) in [6.45, 7) is 0.0264. The summed E-state index contributed by atoms with van der Waals surface area (Å²) in [6, 6.07) is 5.17. The number of rotatable bonds is 4. The molecule has 1 aromatic rings. The molecule has 2 rings (SSSR count). The van der Waals surface area contributed by atoms with Gasteiger partial charge in [0.15, 0.2) is 0 Å². The molecule has 3 N–H and O–H groups in total. The van der Waals surface area contributed by atoms with Crippen LogP contribution in [0.1, 0.15) is 23.2 Å². The molecule has 5 heteroatoms. The van der Waals surface area contributed by atoms with Crippen LogP contribution in [0.3, 0.4) is 0 Å². The zero-order valence-corrected chi connectivity index (χ0v) is 10.1. The van der Waals surface area contributed by atoms with Crippen molar-refractivity contribution in [2.75, 3.05) is 11.9 Å². The minimum atomic E-state index is -0.983. The van der Waals surface area contributed by atoms with Gasteiger partial charge < -0.3 is 15.5 Å². The normalized spacial score (nSPS) is 16.9. The lowest BCUT2D eigenvalue weighted by molar-refractivity contribution is 0.0697. The van der Waals surface area contributed by atoms with Crippen LogP contribution in [-0.4, -0.2) is 28.3 Å². The fourth-order valence-electron chi connectivity index (χ4n) is 1.60. The smallest absolute Gasteiger partial charge is 0.338 e. The lowest BCUT2D eigenvalue weighted by atomic mass is 10.1. The van der Waals surface area contributed by atoms with E-state index in [9.17, 15) is 9.90 Å². The Balaban J connectivity index is 2.33. The highest BCUT2D eigenvalue weighted by Gasteiger charge is 2.42. The second kappa shape index (κ2) is 4.07. The van der Waals surface area contributed by atoms with E-state index in [0.29, 0.717) is 10.2 Å². The fourth-order valence-corrected chi connectivity index (χ4v) is 2.14. The van der Waals surface area contributed by atoms with Crippen LogP contribution < -0.4 is 5.32 Å². The molecule has 16 heavy (non-hydrogen) atoms. The molecule has 0 aliphatic heterocycles. The number of aromatic carboxylic acids is 1. The van der Waals surface area contributed by atoms with Crippen molar-refractivity contribution in [2.24, 2.45) is 0 Å². The number of hydrogen-bond acceptors (Lipinski definition) is 3. The molecule has 1 aliphatic carbocycles. The van der Waals surface area contributed by atoms with E-state index in [1.165, 1.54) is 0 Å². The predicted molar refractivity (Wildman–Crippen MR) is 63.8 cm³/mol. The molecule has 4 nitrogen and oxygen atoms in total. The Labute approximate surface area is 101 Å². The Morgan fingerprint density at radius 2 is 2.19 bits per heavy atom. The third kappa shape index (κ3) is 2.05. The molecule has 0 heterocycles. The predicted octanol–water partition coefficient (Wildman–Crippen LogP) is 2.08. The lowest BCUT2D eigenvalue weighted by Gasteiger charge is -2.18. The number of benzene rings is 1. The Kier molecular flexibility index (Phi) is 2.90. The molecular weight excluding hydrogens is 274 g/mol. The first-order chi connectivity index (χ1) is 7.58. The molecule has 0 saturated heterocycles. The van der Waals surface area contributed by atoms with Crippen LogP contribution in [0.5, 0.6) is 0 Å². The van der Waals surface area contributed by atoms with Crippen molar-refractivity contribution in [3.8, 4) is 0 Å². The molecule has 86 valence electrons. The second-order valence-electron chi connectivity index (χ2n) is 4.03. The van der Waals surface area contributed by atoms with Gasteiger partial charge in [-0.2, -0.15) is 0 Å². The average molecular weight is 286 g/mol. The highest BCUT2D eigenvalue weighted by Crippen LogP contribution is 2.40. The summed E-state index contributed by atoms with van der Waals surface area (Å²) in [5, 5.41) is 21.4. The third-order valence-electron chi connectivity index (χ3n) is 2.78. The van der Waals surface area contributed by atoms with Crippen molar-refractivity contribution in [3.05, 3.63) is 28.2 Å². The number of hydrogen-bond donors (Lipinski definition) is 3. The molecule has 0 aromatic heterocycles. The monoisotopic (exact) mass is 285 g/mol. The Hall–Kier alpha value is -1.07. The van der Waals surface area contributed by atoms with Crippen LogP contribution in [0.25, 0.3) is 0 Å². The van der Waals surface area contributed by atoms with Crippen LogP contribution in [-0.2, 0) is 0 Å². The number of aliphatic hydroxyl groups is 1. The second-order valence-corrected chi connectivity index (χ2v) is 4.89. The van der Waals surface area contributed by atoms with E-state index in [-0.39, 0.29) is 17.7 Å². The summed E-state index contributed by atoms with van der Waals surface area (Å²) in [5.74, 6) is -0.983. The molecule has 0 atom stereocenters.